The Balaban J connectivity index is 1.79. The molecule has 5 nitrogen and oxygen atoms in total. The van der Waals surface area contributed by atoms with Crippen LogP contribution in [0, 0.1) is 5.82 Å². The lowest BCUT2D eigenvalue weighted by Gasteiger charge is -2.25. The van der Waals surface area contributed by atoms with Crippen molar-refractivity contribution in [2.24, 2.45) is 5.73 Å². The molecule has 0 radical (unpaired) electrons. The zero-order valence-electron chi connectivity index (χ0n) is 16.6. The standard InChI is InChI=1S/C23H24FN3O2/c1-3-17-12-20(14-21(24)13-17)16(2)26-9-10-27(23(26)29)22-6-4-18(5-7-22)19(15-25)8-11-28/h4-8,12-16H,3,9-10,25H2,1-2H3/b19-15+. The normalized spacial score (nSPS) is 15.4. The summed E-state index contributed by atoms with van der Waals surface area (Å²) in [6.07, 6.45) is 3.35. The Morgan fingerprint density at radius 2 is 1.97 bits per heavy atom. The monoisotopic (exact) mass is 393 g/mol. The highest BCUT2D eigenvalue weighted by Gasteiger charge is 2.33. The minimum Gasteiger partial charge on any atom is -0.404 e. The second kappa shape index (κ2) is 8.76. The Kier molecular flexibility index (Phi) is 6.15. The van der Waals surface area contributed by atoms with Gasteiger partial charge in [-0.3, -0.25) is 4.90 Å². The molecule has 1 fully saturated rings. The molecule has 0 aromatic heterocycles. The molecular formula is C23H24FN3O2. The number of benzene rings is 2. The van der Waals surface area contributed by atoms with Crippen molar-refractivity contribution < 1.29 is 14.0 Å². The number of nitrogens with two attached hydrogens (primary N) is 1. The molecule has 2 N–H and O–H groups in total. The van der Waals surface area contributed by atoms with Gasteiger partial charge in [0.15, 0.2) is 0 Å². The van der Waals surface area contributed by atoms with E-state index < -0.39 is 0 Å². The first-order valence-electron chi connectivity index (χ1n) is 9.59. The first-order chi connectivity index (χ1) is 14.0. The van der Waals surface area contributed by atoms with E-state index in [9.17, 15) is 14.0 Å². The Morgan fingerprint density at radius 1 is 1.24 bits per heavy atom. The molecule has 3 rings (SSSR count). The van der Waals surface area contributed by atoms with Crippen molar-refractivity contribution in [2.45, 2.75) is 26.3 Å². The van der Waals surface area contributed by atoms with Gasteiger partial charge in [0, 0.05) is 36.6 Å². The number of hydrogen-bond acceptors (Lipinski definition) is 3. The number of nitrogens with zero attached hydrogens (tertiary/aromatic N) is 2. The maximum atomic E-state index is 13.9. The van der Waals surface area contributed by atoms with Gasteiger partial charge in [0.1, 0.15) is 11.8 Å². The molecule has 29 heavy (non-hydrogen) atoms. The van der Waals surface area contributed by atoms with Gasteiger partial charge >= 0.3 is 6.03 Å². The van der Waals surface area contributed by atoms with Crippen molar-refractivity contribution >= 4 is 23.2 Å². The molecular weight excluding hydrogens is 369 g/mol. The van der Waals surface area contributed by atoms with Crippen molar-refractivity contribution in [3.05, 3.63) is 77.2 Å². The summed E-state index contributed by atoms with van der Waals surface area (Å²) in [5.41, 5.74) is 9.34. The highest BCUT2D eigenvalue weighted by molar-refractivity contribution is 5.94. The number of rotatable bonds is 6. The van der Waals surface area contributed by atoms with Crippen LogP contribution in [0.3, 0.4) is 0 Å². The molecule has 1 saturated heterocycles. The van der Waals surface area contributed by atoms with Crippen LogP contribution in [-0.4, -0.2) is 30.0 Å². The zero-order chi connectivity index (χ0) is 21.0. The smallest absolute Gasteiger partial charge is 0.325 e. The van der Waals surface area contributed by atoms with Crippen molar-refractivity contribution in [1.29, 1.82) is 0 Å². The first kappa shape index (κ1) is 20.4. The van der Waals surface area contributed by atoms with Gasteiger partial charge in [0.2, 0.25) is 0 Å². The third-order valence-corrected chi connectivity index (χ3v) is 5.29. The number of anilines is 1. The fourth-order valence-corrected chi connectivity index (χ4v) is 3.58. The average molecular weight is 393 g/mol. The van der Waals surface area contributed by atoms with E-state index in [4.69, 9.17) is 5.73 Å². The van der Waals surface area contributed by atoms with Crippen LogP contribution in [0.15, 0.2) is 54.7 Å². The van der Waals surface area contributed by atoms with Gasteiger partial charge in [-0.15, -0.1) is 0 Å². The maximum absolute atomic E-state index is 13.9. The molecule has 1 unspecified atom stereocenters. The van der Waals surface area contributed by atoms with E-state index in [-0.39, 0.29) is 17.9 Å². The van der Waals surface area contributed by atoms with Crippen LogP contribution < -0.4 is 10.6 Å². The molecule has 1 aliphatic heterocycles. The number of urea groups is 1. The van der Waals surface area contributed by atoms with E-state index in [2.05, 4.69) is 0 Å². The minimum atomic E-state index is -0.279. The quantitative estimate of drug-likeness (QED) is 0.594. The van der Waals surface area contributed by atoms with Crippen LogP contribution in [0.5, 0.6) is 0 Å². The zero-order valence-corrected chi connectivity index (χ0v) is 16.6. The SMILES string of the molecule is CCc1cc(F)cc(C(C)N2CCN(c3ccc(/C(C=C=O)=C/N)cc3)C2=O)c1. The van der Waals surface area contributed by atoms with Gasteiger partial charge in [-0.05, 0) is 54.3 Å². The minimum absolute atomic E-state index is 0.116. The third kappa shape index (κ3) is 4.23. The van der Waals surface area contributed by atoms with Crippen LogP contribution in [0.25, 0.3) is 5.57 Å². The van der Waals surface area contributed by atoms with Crippen LogP contribution in [-0.2, 0) is 11.2 Å². The number of carbonyl (C=O) groups excluding carboxylic acids is 2. The summed E-state index contributed by atoms with van der Waals surface area (Å²) >= 11 is 0. The highest BCUT2D eigenvalue weighted by atomic mass is 19.1. The summed E-state index contributed by atoms with van der Waals surface area (Å²) in [5, 5.41) is 0. The van der Waals surface area contributed by atoms with E-state index in [1.54, 1.807) is 27.9 Å². The summed E-state index contributed by atoms with van der Waals surface area (Å²) in [7, 11) is 0. The van der Waals surface area contributed by atoms with Crippen molar-refractivity contribution in [2.75, 3.05) is 18.0 Å². The number of allylic oxidation sites excluding steroid dienone is 2. The lowest BCUT2D eigenvalue weighted by atomic mass is 10.0. The van der Waals surface area contributed by atoms with Gasteiger partial charge in [0.05, 0.1) is 6.04 Å². The summed E-state index contributed by atoms with van der Waals surface area (Å²) in [5.74, 6) is 1.44. The summed E-state index contributed by atoms with van der Waals surface area (Å²) in [6, 6.07) is 11.9. The Morgan fingerprint density at radius 3 is 2.59 bits per heavy atom. The Labute approximate surface area is 169 Å². The van der Waals surface area contributed by atoms with Gasteiger partial charge in [-0.2, -0.15) is 0 Å². The van der Waals surface area contributed by atoms with Crippen molar-refractivity contribution in [1.82, 2.24) is 4.90 Å². The second-order valence-electron chi connectivity index (χ2n) is 6.98. The molecule has 0 spiro atoms. The number of carbonyl (C=O) groups is 1. The second-order valence-corrected chi connectivity index (χ2v) is 6.98. The van der Waals surface area contributed by atoms with Gasteiger partial charge in [-0.25, -0.2) is 14.0 Å². The van der Waals surface area contributed by atoms with Crippen LogP contribution in [0.2, 0.25) is 0 Å². The predicted octanol–water partition coefficient (Wildman–Crippen LogP) is 4.08. The molecule has 2 amide bonds. The van der Waals surface area contributed by atoms with E-state index in [0.717, 1.165) is 28.8 Å². The topological polar surface area (TPSA) is 66.6 Å². The highest BCUT2D eigenvalue weighted by Crippen LogP contribution is 2.30. The first-order valence-corrected chi connectivity index (χ1v) is 9.59. The van der Waals surface area contributed by atoms with Gasteiger partial charge in [0.25, 0.3) is 0 Å². The van der Waals surface area contributed by atoms with Gasteiger partial charge in [-0.1, -0.05) is 25.1 Å². The number of halogens is 1. The lowest BCUT2D eigenvalue weighted by Crippen LogP contribution is -2.33. The number of hydrogen-bond donors (Lipinski definition) is 1. The maximum Gasteiger partial charge on any atom is 0.325 e. The summed E-state index contributed by atoms with van der Waals surface area (Å²) < 4.78 is 13.9. The molecule has 0 aliphatic carbocycles. The lowest BCUT2D eigenvalue weighted by molar-refractivity contribution is 0.205. The molecule has 0 bridgehead atoms. The van der Waals surface area contributed by atoms with Crippen LogP contribution in [0.1, 0.15) is 36.6 Å². The average Bonchev–Trinajstić information content (AvgIpc) is 3.12. The fourth-order valence-electron chi connectivity index (χ4n) is 3.58. The molecule has 150 valence electrons. The fraction of sp³-hybridized carbons (Fsp3) is 0.261. The van der Waals surface area contributed by atoms with E-state index in [1.807, 2.05) is 32.0 Å². The molecule has 1 atom stereocenters. The number of amides is 2. The molecule has 1 heterocycles. The summed E-state index contributed by atoms with van der Waals surface area (Å²) in [4.78, 5) is 27.0. The predicted molar refractivity (Wildman–Crippen MR) is 113 cm³/mol. The molecule has 2 aromatic carbocycles. The van der Waals surface area contributed by atoms with Crippen LogP contribution >= 0.6 is 0 Å². The molecule has 6 heteroatoms. The number of aryl methyl sites for hydroxylation is 1. The third-order valence-electron chi connectivity index (χ3n) is 5.29. The molecule has 0 saturated carbocycles. The van der Waals surface area contributed by atoms with Gasteiger partial charge < -0.3 is 10.6 Å². The largest absolute Gasteiger partial charge is 0.404 e. The van der Waals surface area contributed by atoms with E-state index >= 15 is 0 Å². The summed E-state index contributed by atoms with van der Waals surface area (Å²) in [6.45, 7) is 5.00. The van der Waals surface area contributed by atoms with E-state index in [1.165, 1.54) is 24.4 Å². The van der Waals surface area contributed by atoms with Crippen molar-refractivity contribution in [3.8, 4) is 0 Å². The molecule has 1 aliphatic rings. The molecule has 2 aromatic rings. The Bertz CT molecular complexity index is 978. The van der Waals surface area contributed by atoms with Crippen LogP contribution in [0.4, 0.5) is 14.9 Å². The Hall–Kier alpha value is -3.37. The van der Waals surface area contributed by atoms with Crippen molar-refractivity contribution in [3.63, 3.8) is 0 Å². The van der Waals surface area contributed by atoms with E-state index in [0.29, 0.717) is 18.7 Å².